The molecule has 1 aliphatic rings. The molecule has 0 bridgehead atoms. The zero-order valence-electron chi connectivity index (χ0n) is 15.1. The van der Waals surface area contributed by atoms with Gasteiger partial charge >= 0.3 is 0 Å². The summed E-state index contributed by atoms with van der Waals surface area (Å²) in [4.78, 5) is 16.7. The Hall–Kier alpha value is -2.75. The zero-order chi connectivity index (χ0) is 19.2. The first-order chi connectivity index (χ1) is 13.1. The summed E-state index contributed by atoms with van der Waals surface area (Å²) >= 11 is 6.00. The Bertz CT molecular complexity index is 840. The predicted octanol–water partition coefficient (Wildman–Crippen LogP) is 2.98. The second kappa shape index (κ2) is 8.76. The molecule has 1 fully saturated rings. The molecule has 0 radical (unpaired) electrons. The normalized spacial score (nSPS) is 14.5. The number of halogens is 1. The minimum atomic E-state index is -0.0892. The van der Waals surface area contributed by atoms with Gasteiger partial charge in [-0.1, -0.05) is 11.6 Å². The molecule has 7 heteroatoms. The summed E-state index contributed by atoms with van der Waals surface area (Å²) in [5.41, 5.74) is 2.15. The van der Waals surface area contributed by atoms with Gasteiger partial charge in [-0.15, -0.1) is 0 Å². The number of amides is 1. The Morgan fingerprint density at radius 2 is 1.89 bits per heavy atom. The third-order valence-corrected chi connectivity index (χ3v) is 4.86. The number of carbonyl (C=O) groups is 1. The molecule has 27 heavy (non-hydrogen) atoms. The second-order valence-electron chi connectivity index (χ2n) is 6.32. The van der Waals surface area contributed by atoms with Gasteiger partial charge in [0.15, 0.2) is 0 Å². The van der Waals surface area contributed by atoms with Crippen molar-refractivity contribution in [3.63, 3.8) is 0 Å². The smallest absolute Gasteiger partial charge is 0.238 e. The molecule has 0 atom stereocenters. The highest BCUT2D eigenvalue weighted by molar-refractivity contribution is 6.32. The van der Waals surface area contributed by atoms with Crippen molar-refractivity contribution in [3.8, 4) is 11.8 Å². The fourth-order valence-corrected chi connectivity index (χ4v) is 3.27. The minimum absolute atomic E-state index is 0.0892. The van der Waals surface area contributed by atoms with Crippen LogP contribution in [-0.4, -0.2) is 50.6 Å². The van der Waals surface area contributed by atoms with Crippen LogP contribution in [0.2, 0.25) is 5.02 Å². The molecular formula is C20H21ClN4O2. The van der Waals surface area contributed by atoms with E-state index in [9.17, 15) is 4.79 Å². The van der Waals surface area contributed by atoms with Crippen LogP contribution in [0.5, 0.6) is 5.75 Å². The zero-order valence-corrected chi connectivity index (χ0v) is 15.9. The number of anilines is 2. The van der Waals surface area contributed by atoms with Gasteiger partial charge in [0.1, 0.15) is 11.8 Å². The maximum atomic E-state index is 12.3. The summed E-state index contributed by atoms with van der Waals surface area (Å²) in [5, 5.41) is 12.1. The Labute approximate surface area is 163 Å². The van der Waals surface area contributed by atoms with Crippen LogP contribution in [0.15, 0.2) is 42.5 Å². The molecule has 1 N–H and O–H groups in total. The number of nitrogens with one attached hydrogen (secondary N) is 1. The van der Waals surface area contributed by atoms with Crippen molar-refractivity contribution in [1.29, 1.82) is 5.26 Å². The van der Waals surface area contributed by atoms with Gasteiger partial charge in [0.25, 0.3) is 0 Å². The summed E-state index contributed by atoms with van der Waals surface area (Å²) in [6, 6.07) is 14.9. The van der Waals surface area contributed by atoms with Gasteiger partial charge in [-0.2, -0.15) is 5.26 Å². The molecule has 2 aromatic rings. The van der Waals surface area contributed by atoms with Crippen LogP contribution in [0.1, 0.15) is 5.56 Å². The molecule has 1 aliphatic heterocycles. The molecule has 0 saturated carbocycles. The topological polar surface area (TPSA) is 68.6 Å². The van der Waals surface area contributed by atoms with Crippen molar-refractivity contribution in [1.82, 2.24) is 4.90 Å². The lowest BCUT2D eigenvalue weighted by atomic mass is 10.2. The van der Waals surface area contributed by atoms with Crippen LogP contribution in [0, 0.1) is 11.3 Å². The summed E-state index contributed by atoms with van der Waals surface area (Å²) in [6.45, 7) is 3.68. The lowest BCUT2D eigenvalue weighted by Gasteiger charge is -2.35. The summed E-state index contributed by atoms with van der Waals surface area (Å²) in [7, 11) is 1.66. The van der Waals surface area contributed by atoms with Gasteiger partial charge in [-0.05, 0) is 42.5 Å². The van der Waals surface area contributed by atoms with Crippen molar-refractivity contribution >= 4 is 28.9 Å². The molecule has 140 valence electrons. The largest absolute Gasteiger partial charge is 0.497 e. The quantitative estimate of drug-likeness (QED) is 0.858. The summed E-state index contributed by atoms with van der Waals surface area (Å²) in [6.07, 6.45) is 0. The molecule has 1 heterocycles. The maximum absolute atomic E-state index is 12.3. The Balaban J connectivity index is 1.49. The van der Waals surface area contributed by atoms with E-state index in [1.54, 1.807) is 25.3 Å². The van der Waals surface area contributed by atoms with Crippen molar-refractivity contribution < 1.29 is 9.53 Å². The van der Waals surface area contributed by atoms with E-state index in [1.165, 1.54) is 0 Å². The van der Waals surface area contributed by atoms with Crippen molar-refractivity contribution in [2.75, 3.05) is 50.1 Å². The molecule has 0 aromatic heterocycles. The van der Waals surface area contributed by atoms with E-state index in [1.807, 2.05) is 18.2 Å². The van der Waals surface area contributed by atoms with Gasteiger partial charge < -0.3 is 15.0 Å². The molecule has 3 rings (SSSR count). The number of benzene rings is 2. The first kappa shape index (κ1) is 19.0. The first-order valence-electron chi connectivity index (χ1n) is 8.70. The molecule has 2 aromatic carbocycles. The standard InChI is InChI=1S/C20H21ClN4O2/c1-27-18-6-4-17(5-7-18)25-10-8-24(9-11-25)14-20(26)23-16-3-2-15(13-22)19(21)12-16/h2-7,12H,8-11,14H2,1H3,(H,23,26). The van der Waals surface area contributed by atoms with E-state index in [2.05, 4.69) is 27.2 Å². The van der Waals surface area contributed by atoms with E-state index in [0.29, 0.717) is 22.8 Å². The fourth-order valence-electron chi connectivity index (χ4n) is 3.04. The molecular weight excluding hydrogens is 364 g/mol. The lowest BCUT2D eigenvalue weighted by molar-refractivity contribution is -0.117. The van der Waals surface area contributed by atoms with Crippen molar-refractivity contribution in [2.45, 2.75) is 0 Å². The number of hydrogen-bond acceptors (Lipinski definition) is 5. The van der Waals surface area contributed by atoms with Crippen LogP contribution in [0.25, 0.3) is 0 Å². The number of ether oxygens (including phenoxy) is 1. The van der Waals surface area contributed by atoms with Gasteiger partial charge in [-0.25, -0.2) is 0 Å². The summed E-state index contributed by atoms with van der Waals surface area (Å²) < 4.78 is 5.19. The molecule has 1 amide bonds. The number of carbonyl (C=O) groups excluding carboxylic acids is 1. The number of nitriles is 1. The molecule has 0 aliphatic carbocycles. The Kier molecular flexibility index (Phi) is 6.17. The van der Waals surface area contributed by atoms with Crippen LogP contribution < -0.4 is 15.0 Å². The highest BCUT2D eigenvalue weighted by atomic mass is 35.5. The van der Waals surface area contributed by atoms with E-state index in [0.717, 1.165) is 37.6 Å². The molecule has 6 nitrogen and oxygen atoms in total. The fraction of sp³-hybridized carbons (Fsp3) is 0.300. The van der Waals surface area contributed by atoms with Gasteiger partial charge in [0.05, 0.1) is 24.2 Å². The minimum Gasteiger partial charge on any atom is -0.497 e. The third kappa shape index (κ3) is 4.91. The third-order valence-electron chi connectivity index (χ3n) is 4.55. The Morgan fingerprint density at radius 3 is 2.48 bits per heavy atom. The van der Waals surface area contributed by atoms with E-state index >= 15 is 0 Å². The van der Waals surface area contributed by atoms with E-state index < -0.39 is 0 Å². The highest BCUT2D eigenvalue weighted by Crippen LogP contribution is 2.21. The van der Waals surface area contributed by atoms with Crippen LogP contribution in [0.3, 0.4) is 0 Å². The Morgan fingerprint density at radius 1 is 1.19 bits per heavy atom. The molecule has 0 unspecified atom stereocenters. The molecule has 1 saturated heterocycles. The van der Waals surface area contributed by atoms with Gasteiger partial charge in [0, 0.05) is 37.6 Å². The van der Waals surface area contributed by atoms with Gasteiger partial charge in [0.2, 0.25) is 5.91 Å². The van der Waals surface area contributed by atoms with Crippen LogP contribution in [0.4, 0.5) is 11.4 Å². The number of piperazine rings is 1. The average Bonchev–Trinajstić information content (AvgIpc) is 2.69. The number of methoxy groups -OCH3 is 1. The average molecular weight is 385 g/mol. The monoisotopic (exact) mass is 384 g/mol. The summed E-state index contributed by atoms with van der Waals surface area (Å²) in [5.74, 6) is 0.755. The van der Waals surface area contributed by atoms with Crippen molar-refractivity contribution in [3.05, 3.63) is 53.1 Å². The second-order valence-corrected chi connectivity index (χ2v) is 6.72. The SMILES string of the molecule is COc1ccc(N2CCN(CC(=O)Nc3ccc(C#N)c(Cl)c3)CC2)cc1. The maximum Gasteiger partial charge on any atom is 0.238 e. The number of nitrogens with zero attached hydrogens (tertiary/aromatic N) is 3. The highest BCUT2D eigenvalue weighted by Gasteiger charge is 2.19. The van der Waals surface area contributed by atoms with E-state index in [-0.39, 0.29) is 5.91 Å². The number of rotatable bonds is 5. The van der Waals surface area contributed by atoms with Gasteiger partial charge in [-0.3, -0.25) is 9.69 Å². The number of hydrogen-bond donors (Lipinski definition) is 1. The molecule has 0 spiro atoms. The van der Waals surface area contributed by atoms with E-state index in [4.69, 9.17) is 21.6 Å². The lowest BCUT2D eigenvalue weighted by Crippen LogP contribution is -2.48. The first-order valence-corrected chi connectivity index (χ1v) is 9.07. The van der Waals surface area contributed by atoms with Crippen LogP contribution in [-0.2, 0) is 4.79 Å². The van der Waals surface area contributed by atoms with Crippen LogP contribution >= 0.6 is 11.6 Å². The van der Waals surface area contributed by atoms with Crippen molar-refractivity contribution in [2.24, 2.45) is 0 Å². The predicted molar refractivity (Wildman–Crippen MR) is 106 cm³/mol.